The molecule has 0 bridgehead atoms. The van der Waals surface area contributed by atoms with Gasteiger partial charge in [0.15, 0.2) is 0 Å². The van der Waals surface area contributed by atoms with Gasteiger partial charge < -0.3 is 21.7 Å². The van der Waals surface area contributed by atoms with E-state index in [9.17, 15) is 0 Å². The maximum Gasteiger partial charge on any atom is 0.0110 e. The van der Waals surface area contributed by atoms with E-state index < -0.39 is 0 Å². The van der Waals surface area contributed by atoms with Crippen molar-refractivity contribution in [3.63, 3.8) is 0 Å². The average molecular weight is 358 g/mol. The van der Waals surface area contributed by atoms with Gasteiger partial charge in [-0.05, 0) is 38.5 Å². The van der Waals surface area contributed by atoms with E-state index in [0.717, 1.165) is 64.2 Å². The molecule has 0 radical (unpaired) electrons. The van der Waals surface area contributed by atoms with E-state index in [1.807, 2.05) is 0 Å². The van der Waals surface area contributed by atoms with Crippen molar-refractivity contribution in [2.24, 2.45) is 17.6 Å². The number of hydrogen-bond acceptors (Lipinski definition) is 5. The average Bonchev–Trinajstić information content (AvgIpc) is 2.50. The zero-order valence-corrected chi connectivity index (χ0v) is 17.9. The zero-order chi connectivity index (χ0) is 19.1. The normalized spacial score (nSPS) is 14.6. The van der Waals surface area contributed by atoms with Crippen LogP contribution in [0.15, 0.2) is 0 Å². The van der Waals surface area contributed by atoms with Crippen LogP contribution < -0.4 is 21.7 Å². The summed E-state index contributed by atoms with van der Waals surface area (Å²) in [6.07, 6.45) is 2.49. The van der Waals surface area contributed by atoms with Crippen molar-refractivity contribution in [2.45, 2.75) is 66.5 Å². The fraction of sp³-hybridized carbons (Fsp3) is 1.00. The summed E-state index contributed by atoms with van der Waals surface area (Å²) in [4.78, 5) is 2.51. The monoisotopic (exact) mass is 357 g/mol. The summed E-state index contributed by atoms with van der Waals surface area (Å²) >= 11 is 0. The predicted octanol–water partition coefficient (Wildman–Crippen LogP) is 1.89. The van der Waals surface area contributed by atoms with Crippen molar-refractivity contribution in [3.05, 3.63) is 0 Å². The minimum atomic E-state index is 0.612. The summed E-state index contributed by atoms with van der Waals surface area (Å²) in [5.41, 5.74) is 5.77. The first-order chi connectivity index (χ1) is 11.9. The summed E-state index contributed by atoms with van der Waals surface area (Å²) in [7, 11) is 0. The third-order valence-electron chi connectivity index (χ3n) is 4.53. The lowest BCUT2D eigenvalue weighted by Gasteiger charge is -2.30. The largest absolute Gasteiger partial charge is 0.329 e. The van der Waals surface area contributed by atoms with E-state index in [-0.39, 0.29) is 0 Å². The van der Waals surface area contributed by atoms with Gasteiger partial charge >= 0.3 is 0 Å². The SMILES string of the molecule is CC(C)CC(C)NCCNCCNCCN(CCN)C(C)CC(C)C. The van der Waals surface area contributed by atoms with Crippen LogP contribution in [-0.2, 0) is 0 Å². The van der Waals surface area contributed by atoms with Gasteiger partial charge in [0, 0.05) is 64.4 Å². The number of rotatable bonds is 17. The molecule has 5 heteroatoms. The van der Waals surface area contributed by atoms with Crippen LogP contribution in [0.4, 0.5) is 0 Å². The van der Waals surface area contributed by atoms with Gasteiger partial charge in [-0.1, -0.05) is 27.7 Å². The van der Waals surface area contributed by atoms with Crippen LogP contribution in [0.5, 0.6) is 0 Å². The topological polar surface area (TPSA) is 65.3 Å². The molecule has 0 aliphatic carbocycles. The molecule has 0 aliphatic heterocycles. The van der Waals surface area contributed by atoms with Crippen molar-refractivity contribution in [1.29, 1.82) is 0 Å². The van der Waals surface area contributed by atoms with Crippen LogP contribution in [0, 0.1) is 11.8 Å². The molecular weight excluding hydrogens is 310 g/mol. The van der Waals surface area contributed by atoms with E-state index in [1.165, 1.54) is 12.8 Å². The molecule has 0 spiro atoms. The quantitative estimate of drug-likeness (QED) is 0.299. The van der Waals surface area contributed by atoms with Crippen molar-refractivity contribution in [2.75, 3.05) is 52.4 Å². The van der Waals surface area contributed by atoms with Gasteiger partial charge in [-0.2, -0.15) is 0 Å². The third-order valence-corrected chi connectivity index (χ3v) is 4.53. The Balaban J connectivity index is 3.60. The van der Waals surface area contributed by atoms with Crippen LogP contribution in [0.2, 0.25) is 0 Å². The molecule has 25 heavy (non-hydrogen) atoms. The van der Waals surface area contributed by atoms with E-state index in [2.05, 4.69) is 62.4 Å². The highest BCUT2D eigenvalue weighted by Crippen LogP contribution is 2.10. The molecule has 2 atom stereocenters. The minimum Gasteiger partial charge on any atom is -0.329 e. The second-order valence-electron chi connectivity index (χ2n) is 8.29. The fourth-order valence-corrected chi connectivity index (χ4v) is 3.40. The molecule has 0 saturated carbocycles. The number of nitrogens with two attached hydrogens (primary N) is 1. The molecule has 0 heterocycles. The summed E-state index contributed by atoms with van der Waals surface area (Å²) < 4.78 is 0. The van der Waals surface area contributed by atoms with Crippen LogP contribution in [0.1, 0.15) is 54.4 Å². The number of nitrogens with zero attached hydrogens (tertiary/aromatic N) is 1. The molecule has 0 rings (SSSR count). The van der Waals surface area contributed by atoms with Crippen molar-refractivity contribution < 1.29 is 0 Å². The highest BCUT2D eigenvalue weighted by molar-refractivity contribution is 4.70. The number of hydrogen-bond donors (Lipinski definition) is 4. The maximum absolute atomic E-state index is 5.77. The lowest BCUT2D eigenvalue weighted by atomic mass is 10.0. The molecule has 0 aromatic heterocycles. The minimum absolute atomic E-state index is 0.612. The second kappa shape index (κ2) is 16.0. The van der Waals surface area contributed by atoms with Gasteiger partial charge in [0.25, 0.3) is 0 Å². The van der Waals surface area contributed by atoms with Crippen molar-refractivity contribution in [3.8, 4) is 0 Å². The van der Waals surface area contributed by atoms with Crippen LogP contribution in [0.3, 0.4) is 0 Å². The smallest absolute Gasteiger partial charge is 0.0110 e. The molecule has 152 valence electrons. The molecule has 0 amide bonds. The fourth-order valence-electron chi connectivity index (χ4n) is 3.40. The van der Waals surface area contributed by atoms with E-state index in [0.29, 0.717) is 12.1 Å². The van der Waals surface area contributed by atoms with Gasteiger partial charge in [0.1, 0.15) is 0 Å². The molecular formula is C20H47N5. The first-order valence-corrected chi connectivity index (χ1v) is 10.5. The van der Waals surface area contributed by atoms with Gasteiger partial charge in [0.05, 0.1) is 0 Å². The Morgan fingerprint density at radius 3 is 1.84 bits per heavy atom. The summed E-state index contributed by atoms with van der Waals surface area (Å²) in [5.74, 6) is 1.51. The lowest BCUT2D eigenvalue weighted by molar-refractivity contribution is 0.192. The van der Waals surface area contributed by atoms with Crippen molar-refractivity contribution in [1.82, 2.24) is 20.9 Å². The maximum atomic E-state index is 5.77. The Labute approximate surface area is 157 Å². The Hall–Kier alpha value is -0.200. The molecule has 0 saturated heterocycles. The Kier molecular flexibility index (Phi) is 15.9. The summed E-state index contributed by atoms with van der Waals surface area (Å²) in [6.45, 7) is 21.7. The predicted molar refractivity (Wildman–Crippen MR) is 112 cm³/mol. The number of nitrogens with one attached hydrogen (secondary N) is 3. The molecule has 0 fully saturated rings. The Morgan fingerprint density at radius 2 is 1.28 bits per heavy atom. The van der Waals surface area contributed by atoms with Gasteiger partial charge in [-0.15, -0.1) is 0 Å². The Bertz CT molecular complexity index is 283. The molecule has 0 aromatic carbocycles. The van der Waals surface area contributed by atoms with Crippen molar-refractivity contribution >= 4 is 0 Å². The molecule has 0 aromatic rings. The first-order valence-electron chi connectivity index (χ1n) is 10.5. The molecule has 5 nitrogen and oxygen atoms in total. The summed E-state index contributed by atoms with van der Waals surface area (Å²) in [5, 5.41) is 10.6. The van der Waals surface area contributed by atoms with Crippen LogP contribution in [-0.4, -0.2) is 69.3 Å². The molecule has 0 aliphatic rings. The highest BCUT2D eigenvalue weighted by atomic mass is 15.2. The van der Waals surface area contributed by atoms with Gasteiger partial charge in [-0.3, -0.25) is 4.90 Å². The second-order valence-corrected chi connectivity index (χ2v) is 8.29. The van der Waals surface area contributed by atoms with E-state index in [1.54, 1.807) is 0 Å². The van der Waals surface area contributed by atoms with Crippen LogP contribution >= 0.6 is 0 Å². The van der Waals surface area contributed by atoms with Gasteiger partial charge in [-0.25, -0.2) is 0 Å². The Morgan fingerprint density at radius 1 is 0.720 bits per heavy atom. The van der Waals surface area contributed by atoms with E-state index >= 15 is 0 Å². The van der Waals surface area contributed by atoms with E-state index in [4.69, 9.17) is 5.73 Å². The molecule has 5 N–H and O–H groups in total. The first kappa shape index (κ1) is 24.8. The molecule has 2 unspecified atom stereocenters. The lowest BCUT2D eigenvalue weighted by Crippen LogP contribution is -2.43. The standard InChI is InChI=1S/C20H47N5/c1-17(2)15-19(5)24-11-10-22-8-9-23-12-14-25(13-7-21)20(6)16-18(3)4/h17-20,22-24H,7-16,21H2,1-6H3. The zero-order valence-electron chi connectivity index (χ0n) is 17.9. The highest BCUT2D eigenvalue weighted by Gasteiger charge is 2.13. The third kappa shape index (κ3) is 15.7. The van der Waals surface area contributed by atoms with Gasteiger partial charge in [0.2, 0.25) is 0 Å². The summed E-state index contributed by atoms with van der Waals surface area (Å²) in [6, 6.07) is 1.23. The van der Waals surface area contributed by atoms with Crippen LogP contribution in [0.25, 0.3) is 0 Å².